The standard InChI is InChI=1S/C17H22N4O/c1-12(2)15-10-21(16-7-5-4-6-14(16)19-15)17(22)13(3)20-9-8-18-11-20/h4-9,11-13,15,19H,10H2,1-3H3/t13-,15-/m1/s1. The van der Waals surface area contributed by atoms with Gasteiger partial charge >= 0.3 is 0 Å². The summed E-state index contributed by atoms with van der Waals surface area (Å²) >= 11 is 0. The Labute approximate surface area is 131 Å². The van der Waals surface area contributed by atoms with E-state index < -0.39 is 0 Å². The van der Waals surface area contributed by atoms with Gasteiger partial charge in [0, 0.05) is 25.0 Å². The number of nitrogens with zero attached hydrogens (tertiary/aromatic N) is 3. The number of aromatic nitrogens is 2. The Hall–Kier alpha value is -2.30. The van der Waals surface area contributed by atoms with Crippen LogP contribution in [0.4, 0.5) is 11.4 Å². The van der Waals surface area contributed by atoms with E-state index in [0.29, 0.717) is 12.5 Å². The van der Waals surface area contributed by atoms with Crippen molar-refractivity contribution in [2.75, 3.05) is 16.8 Å². The number of nitrogens with one attached hydrogen (secondary N) is 1. The summed E-state index contributed by atoms with van der Waals surface area (Å²) in [5.41, 5.74) is 1.98. The maximum atomic E-state index is 13.0. The number of para-hydroxylation sites is 2. The van der Waals surface area contributed by atoms with Crippen molar-refractivity contribution in [3.8, 4) is 0 Å². The molecule has 1 amide bonds. The Bertz CT molecular complexity index is 650. The predicted molar refractivity (Wildman–Crippen MR) is 88.0 cm³/mol. The summed E-state index contributed by atoms with van der Waals surface area (Å²) < 4.78 is 1.84. The van der Waals surface area contributed by atoms with E-state index in [2.05, 4.69) is 24.1 Å². The lowest BCUT2D eigenvalue weighted by Crippen LogP contribution is -2.48. The molecular formula is C17H22N4O. The zero-order valence-corrected chi connectivity index (χ0v) is 13.2. The van der Waals surface area contributed by atoms with Crippen LogP contribution in [0.2, 0.25) is 0 Å². The second-order valence-electron chi connectivity index (χ2n) is 6.15. The van der Waals surface area contributed by atoms with Gasteiger partial charge in [-0.25, -0.2) is 4.98 Å². The van der Waals surface area contributed by atoms with Crippen molar-refractivity contribution in [3.63, 3.8) is 0 Å². The van der Waals surface area contributed by atoms with Crippen molar-refractivity contribution in [2.24, 2.45) is 5.92 Å². The van der Waals surface area contributed by atoms with Crippen LogP contribution in [0.5, 0.6) is 0 Å². The molecule has 22 heavy (non-hydrogen) atoms. The second kappa shape index (κ2) is 5.83. The summed E-state index contributed by atoms with van der Waals surface area (Å²) in [6, 6.07) is 7.99. The Morgan fingerprint density at radius 2 is 2.09 bits per heavy atom. The third-order valence-corrected chi connectivity index (χ3v) is 4.32. The molecular weight excluding hydrogens is 276 g/mol. The van der Waals surface area contributed by atoms with E-state index in [9.17, 15) is 4.79 Å². The number of hydrogen-bond donors (Lipinski definition) is 1. The smallest absolute Gasteiger partial charge is 0.249 e. The molecule has 3 rings (SSSR count). The van der Waals surface area contributed by atoms with Gasteiger partial charge in [0.05, 0.1) is 17.7 Å². The SMILES string of the molecule is CC(C)[C@H]1CN(C(=O)[C@@H](C)n2ccnc2)c2ccccc2N1. The Kier molecular flexibility index (Phi) is 3.88. The van der Waals surface area contributed by atoms with Crippen molar-refractivity contribution in [3.05, 3.63) is 43.0 Å². The molecule has 0 radical (unpaired) electrons. The molecule has 1 aliphatic heterocycles. The fraction of sp³-hybridized carbons (Fsp3) is 0.412. The van der Waals surface area contributed by atoms with E-state index >= 15 is 0 Å². The zero-order valence-electron chi connectivity index (χ0n) is 13.2. The lowest BCUT2D eigenvalue weighted by atomic mass is 9.99. The molecule has 0 unspecified atom stereocenters. The molecule has 2 atom stereocenters. The number of imidazole rings is 1. The molecule has 1 aromatic heterocycles. The van der Waals surface area contributed by atoms with Crippen LogP contribution in [0.15, 0.2) is 43.0 Å². The highest BCUT2D eigenvalue weighted by Crippen LogP contribution is 2.33. The van der Waals surface area contributed by atoms with Gasteiger partial charge in [0.25, 0.3) is 0 Å². The molecule has 1 N–H and O–H groups in total. The molecule has 2 heterocycles. The first kappa shape index (κ1) is 14.6. The summed E-state index contributed by atoms with van der Waals surface area (Å²) in [4.78, 5) is 18.9. The van der Waals surface area contributed by atoms with E-state index in [0.717, 1.165) is 11.4 Å². The van der Waals surface area contributed by atoms with E-state index in [1.54, 1.807) is 12.5 Å². The van der Waals surface area contributed by atoms with Gasteiger partial charge in [-0.2, -0.15) is 0 Å². The molecule has 2 aromatic rings. The molecule has 0 aliphatic carbocycles. The minimum atomic E-state index is -0.263. The van der Waals surface area contributed by atoms with Crippen LogP contribution < -0.4 is 10.2 Å². The number of carbonyl (C=O) groups excluding carboxylic acids is 1. The van der Waals surface area contributed by atoms with Crippen molar-refractivity contribution in [1.29, 1.82) is 0 Å². The molecule has 1 aliphatic rings. The molecule has 1 aromatic carbocycles. The fourth-order valence-corrected chi connectivity index (χ4v) is 2.81. The van der Waals surface area contributed by atoms with Crippen LogP contribution in [0.1, 0.15) is 26.8 Å². The largest absolute Gasteiger partial charge is 0.379 e. The summed E-state index contributed by atoms with van der Waals surface area (Å²) in [7, 11) is 0. The second-order valence-corrected chi connectivity index (χ2v) is 6.15. The van der Waals surface area contributed by atoms with Crippen molar-refractivity contribution < 1.29 is 4.79 Å². The monoisotopic (exact) mass is 298 g/mol. The first-order valence-electron chi connectivity index (χ1n) is 7.72. The first-order valence-corrected chi connectivity index (χ1v) is 7.72. The lowest BCUT2D eigenvalue weighted by molar-refractivity contribution is -0.121. The number of fused-ring (bicyclic) bond motifs is 1. The molecule has 0 spiro atoms. The van der Waals surface area contributed by atoms with Gasteiger partial charge < -0.3 is 14.8 Å². The Morgan fingerprint density at radius 3 is 2.77 bits per heavy atom. The van der Waals surface area contributed by atoms with Crippen molar-refractivity contribution in [2.45, 2.75) is 32.9 Å². The lowest BCUT2D eigenvalue weighted by Gasteiger charge is -2.38. The van der Waals surface area contributed by atoms with Crippen LogP contribution in [0, 0.1) is 5.92 Å². The van der Waals surface area contributed by atoms with Gasteiger partial charge in [0.15, 0.2) is 0 Å². The average Bonchev–Trinajstić information content (AvgIpc) is 3.06. The molecule has 5 nitrogen and oxygen atoms in total. The highest BCUT2D eigenvalue weighted by molar-refractivity contribution is 5.99. The van der Waals surface area contributed by atoms with E-state index in [4.69, 9.17) is 0 Å². The molecule has 0 saturated heterocycles. The van der Waals surface area contributed by atoms with Gasteiger partial charge in [-0.05, 0) is 25.0 Å². The average molecular weight is 298 g/mol. The normalized spacial score (nSPS) is 18.7. The number of amides is 1. The summed E-state index contributed by atoms with van der Waals surface area (Å²) in [5, 5.41) is 3.54. The number of hydrogen-bond acceptors (Lipinski definition) is 3. The number of rotatable bonds is 3. The minimum absolute atomic E-state index is 0.0950. The molecule has 116 valence electrons. The van der Waals surface area contributed by atoms with Gasteiger partial charge in [-0.15, -0.1) is 0 Å². The highest BCUT2D eigenvalue weighted by atomic mass is 16.2. The third-order valence-electron chi connectivity index (χ3n) is 4.32. The van der Waals surface area contributed by atoms with Gasteiger partial charge in [0.1, 0.15) is 6.04 Å². The highest BCUT2D eigenvalue weighted by Gasteiger charge is 2.31. The van der Waals surface area contributed by atoms with Crippen molar-refractivity contribution in [1.82, 2.24) is 9.55 Å². The maximum Gasteiger partial charge on any atom is 0.249 e. The van der Waals surface area contributed by atoms with Crippen LogP contribution in [0.25, 0.3) is 0 Å². The van der Waals surface area contributed by atoms with Crippen molar-refractivity contribution >= 4 is 17.3 Å². The fourth-order valence-electron chi connectivity index (χ4n) is 2.81. The van der Waals surface area contributed by atoms with Gasteiger partial charge in [0.2, 0.25) is 5.91 Å². The zero-order chi connectivity index (χ0) is 15.7. The topological polar surface area (TPSA) is 50.2 Å². The summed E-state index contributed by atoms with van der Waals surface area (Å²) in [6.45, 7) is 6.95. The van der Waals surface area contributed by atoms with Gasteiger partial charge in [-0.1, -0.05) is 26.0 Å². The van der Waals surface area contributed by atoms with E-state index in [1.165, 1.54) is 0 Å². The number of carbonyl (C=O) groups is 1. The number of benzene rings is 1. The first-order chi connectivity index (χ1) is 10.6. The van der Waals surface area contributed by atoms with E-state index in [1.807, 2.05) is 46.9 Å². The Balaban J connectivity index is 1.93. The summed E-state index contributed by atoms with van der Waals surface area (Å²) in [5.74, 6) is 0.546. The van der Waals surface area contributed by atoms with Crippen LogP contribution in [-0.2, 0) is 4.79 Å². The third kappa shape index (κ3) is 2.58. The molecule has 0 bridgehead atoms. The van der Waals surface area contributed by atoms with Gasteiger partial charge in [-0.3, -0.25) is 4.79 Å². The van der Waals surface area contributed by atoms with Crippen LogP contribution >= 0.6 is 0 Å². The Morgan fingerprint density at radius 1 is 1.32 bits per heavy atom. The summed E-state index contributed by atoms with van der Waals surface area (Å²) in [6.07, 6.45) is 5.22. The molecule has 0 saturated carbocycles. The van der Waals surface area contributed by atoms with E-state index in [-0.39, 0.29) is 18.0 Å². The minimum Gasteiger partial charge on any atom is -0.379 e. The van der Waals surface area contributed by atoms with Crippen LogP contribution in [0.3, 0.4) is 0 Å². The molecule has 5 heteroatoms. The molecule has 0 fully saturated rings. The van der Waals surface area contributed by atoms with Crippen LogP contribution in [-0.4, -0.2) is 28.0 Å². The predicted octanol–water partition coefficient (Wildman–Crippen LogP) is 2.93. The maximum absolute atomic E-state index is 13.0. The number of anilines is 2. The quantitative estimate of drug-likeness (QED) is 0.948.